The molecule has 5 heteroatoms. The summed E-state index contributed by atoms with van der Waals surface area (Å²) >= 11 is 0. The van der Waals surface area contributed by atoms with Gasteiger partial charge in [0.15, 0.2) is 11.5 Å². The number of pyridine rings is 1. The number of aromatic nitrogens is 1. The van der Waals surface area contributed by atoms with E-state index in [0.29, 0.717) is 12.0 Å². The second-order valence-electron chi connectivity index (χ2n) is 9.57. The average Bonchev–Trinajstić information content (AvgIpc) is 3.73. The van der Waals surface area contributed by atoms with Crippen molar-refractivity contribution >= 4 is 5.69 Å². The molecule has 178 valence electrons. The van der Waals surface area contributed by atoms with Gasteiger partial charge in [0.1, 0.15) is 0 Å². The van der Waals surface area contributed by atoms with E-state index in [4.69, 9.17) is 14.5 Å². The normalized spacial score (nSPS) is 16.3. The van der Waals surface area contributed by atoms with E-state index in [1.165, 1.54) is 35.2 Å². The predicted octanol–water partition coefficient (Wildman–Crippen LogP) is 5.71. The van der Waals surface area contributed by atoms with E-state index in [1.54, 1.807) is 14.2 Å². The number of aryl methyl sites for hydroxylation is 1. The summed E-state index contributed by atoms with van der Waals surface area (Å²) in [5.41, 5.74) is 7.16. The third-order valence-electron chi connectivity index (χ3n) is 7.11. The summed E-state index contributed by atoms with van der Waals surface area (Å²) in [7, 11) is 3.43. The summed E-state index contributed by atoms with van der Waals surface area (Å²) in [6.07, 6.45) is 6.67. The molecule has 0 bridgehead atoms. The molecule has 0 radical (unpaired) electrons. The molecule has 2 heterocycles. The highest BCUT2D eigenvalue weighted by molar-refractivity contribution is 5.68. The zero-order valence-electron chi connectivity index (χ0n) is 20.5. The fourth-order valence-corrected chi connectivity index (χ4v) is 5.05. The van der Waals surface area contributed by atoms with E-state index < -0.39 is 0 Å². The number of methoxy groups -OCH3 is 2. The molecule has 5 rings (SSSR count). The first kappa shape index (κ1) is 22.7. The fraction of sp³-hybridized carbons (Fsp3) is 0.414. The number of benzene rings is 2. The van der Waals surface area contributed by atoms with Gasteiger partial charge in [-0.05, 0) is 93.6 Å². The highest BCUT2D eigenvalue weighted by Gasteiger charge is 2.29. The lowest BCUT2D eigenvalue weighted by Crippen LogP contribution is -2.43. The molecular formula is C29H35N3O2. The van der Waals surface area contributed by atoms with Crippen LogP contribution in [-0.4, -0.2) is 38.3 Å². The maximum absolute atomic E-state index is 5.70. The molecule has 1 aliphatic heterocycles. The van der Waals surface area contributed by atoms with E-state index >= 15 is 0 Å². The molecule has 0 unspecified atom stereocenters. The van der Waals surface area contributed by atoms with Gasteiger partial charge in [-0.1, -0.05) is 17.7 Å². The van der Waals surface area contributed by atoms with E-state index in [2.05, 4.69) is 65.7 Å². The standard InChI is InChI=1S/C29H35N3O2/c1-20-4-8-24(9-5-20)32(25-11-13-30-14-12-25)19-21-10-15-31-27(16-21)23-17-26(22-6-7-22)29(34-3)28(18-23)33-2/h4-5,8-10,15-18,22,25,30H,6-7,11-14,19H2,1-3H3. The van der Waals surface area contributed by atoms with Crippen LogP contribution in [0.5, 0.6) is 11.5 Å². The third-order valence-corrected chi connectivity index (χ3v) is 7.11. The fourth-order valence-electron chi connectivity index (χ4n) is 5.05. The van der Waals surface area contributed by atoms with Gasteiger partial charge in [0.2, 0.25) is 0 Å². The summed E-state index contributed by atoms with van der Waals surface area (Å²) in [6, 6.07) is 18.2. The van der Waals surface area contributed by atoms with Gasteiger partial charge in [-0.2, -0.15) is 0 Å². The number of nitrogens with zero attached hydrogens (tertiary/aromatic N) is 2. The first-order valence-electron chi connectivity index (χ1n) is 12.4. The molecule has 1 aromatic heterocycles. The Kier molecular flexibility index (Phi) is 6.73. The molecule has 0 amide bonds. The number of ether oxygens (including phenoxy) is 2. The van der Waals surface area contributed by atoms with Crippen molar-refractivity contribution < 1.29 is 9.47 Å². The monoisotopic (exact) mass is 457 g/mol. The van der Waals surface area contributed by atoms with Crippen LogP contribution in [0.15, 0.2) is 54.7 Å². The second-order valence-corrected chi connectivity index (χ2v) is 9.57. The Labute approximate surface area is 203 Å². The molecule has 2 aromatic carbocycles. The van der Waals surface area contributed by atoms with Crippen molar-refractivity contribution in [2.24, 2.45) is 0 Å². The molecule has 1 saturated heterocycles. The van der Waals surface area contributed by atoms with Crippen LogP contribution in [0.4, 0.5) is 5.69 Å². The molecule has 3 aromatic rings. The van der Waals surface area contributed by atoms with E-state index in [-0.39, 0.29) is 0 Å². The molecule has 0 atom stereocenters. The molecule has 0 spiro atoms. The summed E-state index contributed by atoms with van der Waals surface area (Å²) in [5, 5.41) is 3.51. The quantitative estimate of drug-likeness (QED) is 0.469. The predicted molar refractivity (Wildman–Crippen MR) is 138 cm³/mol. The van der Waals surface area contributed by atoms with Crippen molar-refractivity contribution in [1.29, 1.82) is 0 Å². The molecule has 2 aliphatic rings. The van der Waals surface area contributed by atoms with Crippen molar-refractivity contribution in [2.45, 2.75) is 51.1 Å². The lowest BCUT2D eigenvalue weighted by Gasteiger charge is -2.36. The summed E-state index contributed by atoms with van der Waals surface area (Å²) in [5.74, 6) is 2.20. The smallest absolute Gasteiger partial charge is 0.164 e. The van der Waals surface area contributed by atoms with E-state index in [1.807, 2.05) is 6.20 Å². The summed E-state index contributed by atoms with van der Waals surface area (Å²) in [6.45, 7) is 5.16. The molecule has 1 saturated carbocycles. The van der Waals surface area contributed by atoms with Crippen LogP contribution in [0, 0.1) is 6.92 Å². The van der Waals surface area contributed by atoms with E-state index in [9.17, 15) is 0 Å². The van der Waals surface area contributed by atoms with Crippen LogP contribution >= 0.6 is 0 Å². The Bertz CT molecular complexity index is 1120. The number of anilines is 1. The van der Waals surface area contributed by atoms with Gasteiger partial charge >= 0.3 is 0 Å². The number of nitrogens with one attached hydrogen (secondary N) is 1. The van der Waals surface area contributed by atoms with Crippen LogP contribution in [0.3, 0.4) is 0 Å². The minimum Gasteiger partial charge on any atom is -0.493 e. The SMILES string of the molecule is COc1cc(-c2cc(CN(c3ccc(C)cc3)C3CCNCC3)ccn2)cc(C2CC2)c1OC. The maximum Gasteiger partial charge on any atom is 0.164 e. The van der Waals surface area contributed by atoms with Gasteiger partial charge < -0.3 is 19.7 Å². The van der Waals surface area contributed by atoms with Crippen LogP contribution in [0.25, 0.3) is 11.3 Å². The molecule has 1 N–H and O–H groups in total. The highest BCUT2D eigenvalue weighted by Crippen LogP contribution is 2.49. The zero-order valence-corrected chi connectivity index (χ0v) is 20.5. The minimum absolute atomic E-state index is 0.531. The van der Waals surface area contributed by atoms with Crippen molar-refractivity contribution in [1.82, 2.24) is 10.3 Å². The van der Waals surface area contributed by atoms with Gasteiger partial charge in [0.25, 0.3) is 0 Å². The molecule has 5 nitrogen and oxygen atoms in total. The Hall–Kier alpha value is -3.05. The molecule has 2 fully saturated rings. The van der Waals surface area contributed by atoms with Gasteiger partial charge in [-0.15, -0.1) is 0 Å². The number of piperidine rings is 1. The zero-order chi connectivity index (χ0) is 23.5. The molecular weight excluding hydrogens is 422 g/mol. The van der Waals surface area contributed by atoms with E-state index in [0.717, 1.165) is 55.2 Å². The first-order valence-corrected chi connectivity index (χ1v) is 12.4. The Morgan fingerprint density at radius 2 is 1.71 bits per heavy atom. The van der Waals surface area contributed by atoms with Gasteiger partial charge in [0.05, 0.1) is 19.9 Å². The Morgan fingerprint density at radius 1 is 0.941 bits per heavy atom. The summed E-state index contributed by atoms with van der Waals surface area (Å²) in [4.78, 5) is 7.31. The topological polar surface area (TPSA) is 46.6 Å². The molecule has 1 aliphatic carbocycles. The van der Waals surface area contributed by atoms with Crippen LogP contribution in [0.1, 0.15) is 48.3 Å². The van der Waals surface area contributed by atoms with Crippen LogP contribution < -0.4 is 19.7 Å². The number of rotatable bonds is 8. The highest BCUT2D eigenvalue weighted by atomic mass is 16.5. The van der Waals surface area contributed by atoms with Gasteiger partial charge in [0, 0.05) is 35.6 Å². The second kappa shape index (κ2) is 10.1. The van der Waals surface area contributed by atoms with Crippen molar-refractivity contribution in [2.75, 3.05) is 32.2 Å². The lowest BCUT2D eigenvalue weighted by atomic mass is 10.00. The Morgan fingerprint density at radius 3 is 2.38 bits per heavy atom. The third kappa shape index (κ3) is 4.90. The van der Waals surface area contributed by atoms with Crippen LogP contribution in [0.2, 0.25) is 0 Å². The maximum atomic E-state index is 5.70. The largest absolute Gasteiger partial charge is 0.493 e. The minimum atomic E-state index is 0.531. The summed E-state index contributed by atoms with van der Waals surface area (Å²) < 4.78 is 11.4. The van der Waals surface area contributed by atoms with Crippen molar-refractivity contribution in [3.05, 3.63) is 71.4 Å². The van der Waals surface area contributed by atoms with Gasteiger partial charge in [-0.25, -0.2) is 0 Å². The lowest BCUT2D eigenvalue weighted by molar-refractivity contribution is 0.352. The number of hydrogen-bond donors (Lipinski definition) is 1. The average molecular weight is 458 g/mol. The van der Waals surface area contributed by atoms with Gasteiger partial charge in [-0.3, -0.25) is 4.98 Å². The first-order chi connectivity index (χ1) is 16.7. The van der Waals surface area contributed by atoms with Crippen LogP contribution in [-0.2, 0) is 6.54 Å². The number of hydrogen-bond acceptors (Lipinski definition) is 5. The Balaban J connectivity index is 1.47. The molecule has 34 heavy (non-hydrogen) atoms. The van der Waals surface area contributed by atoms with Crippen molar-refractivity contribution in [3.63, 3.8) is 0 Å². The van der Waals surface area contributed by atoms with Crippen molar-refractivity contribution in [3.8, 4) is 22.8 Å².